The quantitative estimate of drug-likeness (QED) is 0.296. The van der Waals surface area contributed by atoms with E-state index in [1.54, 1.807) is 0 Å². The standard InChI is InChI=1S/C27H22NO/c1-27(2)21-13-7-8-14-22(21)28(3)26(27)24-19-12-6-5-11-18(19)20-16-17-10-4-9-15-23(17)29-25(20)24/h4-16H,1-3H3/q+1. The Morgan fingerprint density at radius 2 is 1.48 bits per heavy atom. The molecule has 2 aliphatic heterocycles. The summed E-state index contributed by atoms with van der Waals surface area (Å²) in [6.07, 6.45) is 0. The molecule has 3 aromatic rings. The van der Waals surface area contributed by atoms with Crippen LogP contribution in [0.2, 0.25) is 0 Å². The zero-order valence-corrected chi connectivity index (χ0v) is 16.9. The van der Waals surface area contributed by atoms with Gasteiger partial charge in [-0.1, -0.05) is 60.7 Å². The largest absolute Gasteiger partial charge is 0.455 e. The second-order valence-electron chi connectivity index (χ2n) is 8.50. The van der Waals surface area contributed by atoms with E-state index in [9.17, 15) is 0 Å². The molecule has 0 saturated heterocycles. The molecule has 1 aliphatic carbocycles. The number of hydrogen-bond acceptors (Lipinski definition) is 1. The SMILES string of the molecule is C[N+]1=C(c2c3oc4ccccc4cc-3c3ccccc23)C(C)(C)c2ccccc21. The molecule has 29 heavy (non-hydrogen) atoms. The molecule has 0 atom stereocenters. The molecule has 0 saturated carbocycles. The molecule has 0 bridgehead atoms. The zero-order chi connectivity index (χ0) is 19.8. The predicted octanol–water partition coefficient (Wildman–Crippen LogP) is 6.75. The fourth-order valence-corrected chi connectivity index (χ4v) is 5.20. The van der Waals surface area contributed by atoms with Crippen LogP contribution in [0, 0.1) is 0 Å². The monoisotopic (exact) mass is 376 g/mol. The molecular weight excluding hydrogens is 354 g/mol. The Morgan fingerprint density at radius 3 is 2.31 bits per heavy atom. The highest BCUT2D eigenvalue weighted by Gasteiger charge is 2.47. The highest BCUT2D eigenvalue weighted by molar-refractivity contribution is 6.23. The Bertz CT molecular complexity index is 1430. The van der Waals surface area contributed by atoms with Crippen molar-refractivity contribution in [2.24, 2.45) is 0 Å². The van der Waals surface area contributed by atoms with Gasteiger partial charge in [-0.2, -0.15) is 4.58 Å². The van der Waals surface area contributed by atoms with Crippen molar-refractivity contribution in [3.8, 4) is 11.3 Å². The van der Waals surface area contributed by atoms with Crippen molar-refractivity contribution in [2.45, 2.75) is 19.3 Å². The lowest BCUT2D eigenvalue weighted by atomic mass is 9.78. The van der Waals surface area contributed by atoms with Crippen LogP contribution in [-0.2, 0) is 5.41 Å². The summed E-state index contributed by atoms with van der Waals surface area (Å²) in [4.78, 5) is 0. The van der Waals surface area contributed by atoms with Crippen molar-refractivity contribution in [1.82, 2.24) is 0 Å². The predicted molar refractivity (Wildman–Crippen MR) is 120 cm³/mol. The fourth-order valence-electron chi connectivity index (χ4n) is 5.20. The van der Waals surface area contributed by atoms with Gasteiger partial charge in [0.15, 0.2) is 0 Å². The van der Waals surface area contributed by atoms with Crippen molar-refractivity contribution in [1.29, 1.82) is 0 Å². The lowest BCUT2D eigenvalue weighted by Gasteiger charge is -2.18. The van der Waals surface area contributed by atoms with Crippen LogP contribution in [0.4, 0.5) is 5.69 Å². The molecule has 2 heterocycles. The summed E-state index contributed by atoms with van der Waals surface area (Å²) in [5.41, 5.74) is 7.13. The lowest BCUT2D eigenvalue weighted by Crippen LogP contribution is -2.29. The maximum absolute atomic E-state index is 6.57. The molecule has 3 aromatic carbocycles. The molecule has 0 unspecified atom stereocenters. The van der Waals surface area contributed by atoms with E-state index < -0.39 is 0 Å². The van der Waals surface area contributed by atoms with Gasteiger partial charge in [-0.05, 0) is 36.8 Å². The average molecular weight is 376 g/mol. The summed E-state index contributed by atoms with van der Waals surface area (Å²) in [6.45, 7) is 4.64. The maximum Gasteiger partial charge on any atom is 0.209 e. The smallest absolute Gasteiger partial charge is 0.209 e. The van der Waals surface area contributed by atoms with E-state index >= 15 is 0 Å². The summed E-state index contributed by atoms with van der Waals surface area (Å²) in [5, 5.41) is 3.64. The van der Waals surface area contributed by atoms with Crippen LogP contribution >= 0.6 is 0 Å². The highest BCUT2D eigenvalue weighted by atomic mass is 16.3. The van der Waals surface area contributed by atoms with Gasteiger partial charge in [0, 0.05) is 22.6 Å². The Labute approximate surface area is 170 Å². The maximum atomic E-state index is 6.57. The number of hydrogen-bond donors (Lipinski definition) is 0. The first kappa shape index (κ1) is 16.6. The van der Waals surface area contributed by atoms with E-state index in [0.29, 0.717) is 0 Å². The van der Waals surface area contributed by atoms with E-state index in [4.69, 9.17) is 4.42 Å². The molecule has 6 rings (SSSR count). The summed E-state index contributed by atoms with van der Waals surface area (Å²) in [6, 6.07) is 27.9. The van der Waals surface area contributed by atoms with Crippen molar-refractivity contribution < 1.29 is 8.99 Å². The Hall–Kier alpha value is -3.39. The second kappa shape index (κ2) is 5.57. The van der Waals surface area contributed by atoms with Crippen LogP contribution in [-0.4, -0.2) is 17.3 Å². The molecule has 0 spiro atoms. The number of rotatable bonds is 1. The van der Waals surface area contributed by atoms with Gasteiger partial charge in [-0.15, -0.1) is 0 Å². The first-order valence-electron chi connectivity index (χ1n) is 10.1. The molecule has 0 N–H and O–H groups in total. The van der Waals surface area contributed by atoms with Crippen LogP contribution in [0.1, 0.15) is 25.0 Å². The summed E-state index contributed by atoms with van der Waals surface area (Å²) < 4.78 is 8.92. The third-order valence-corrected chi connectivity index (χ3v) is 6.49. The molecule has 2 nitrogen and oxygen atoms in total. The van der Waals surface area contributed by atoms with Crippen LogP contribution < -0.4 is 0 Å². The van der Waals surface area contributed by atoms with Gasteiger partial charge in [-0.3, -0.25) is 0 Å². The fraction of sp³-hybridized carbons (Fsp3) is 0.148. The van der Waals surface area contributed by atoms with Gasteiger partial charge in [-0.25, -0.2) is 0 Å². The van der Waals surface area contributed by atoms with E-state index in [1.165, 1.54) is 38.9 Å². The van der Waals surface area contributed by atoms with Crippen LogP contribution in [0.15, 0.2) is 83.3 Å². The molecule has 0 amide bonds. The highest BCUT2D eigenvalue weighted by Crippen LogP contribution is 2.48. The van der Waals surface area contributed by atoms with Crippen molar-refractivity contribution >= 4 is 33.1 Å². The van der Waals surface area contributed by atoms with E-state index in [2.05, 4.69) is 98.3 Å². The Morgan fingerprint density at radius 1 is 0.793 bits per heavy atom. The van der Waals surface area contributed by atoms with E-state index in [0.717, 1.165) is 16.7 Å². The number of nitrogens with zero attached hydrogens (tertiary/aromatic N) is 1. The first-order valence-corrected chi connectivity index (χ1v) is 10.1. The minimum Gasteiger partial charge on any atom is -0.455 e. The number of benzene rings is 3. The van der Waals surface area contributed by atoms with Crippen LogP contribution in [0.3, 0.4) is 0 Å². The van der Waals surface area contributed by atoms with Crippen LogP contribution in [0.5, 0.6) is 0 Å². The molecular formula is C27H22NO+. The summed E-state index contributed by atoms with van der Waals surface area (Å²) >= 11 is 0. The molecule has 0 radical (unpaired) electrons. The first-order chi connectivity index (χ1) is 14.1. The van der Waals surface area contributed by atoms with Gasteiger partial charge in [0.2, 0.25) is 11.4 Å². The Balaban J connectivity index is 1.79. The van der Waals surface area contributed by atoms with Crippen LogP contribution in [0.25, 0.3) is 33.1 Å². The normalized spacial score (nSPS) is 15.6. The van der Waals surface area contributed by atoms with E-state index in [1.807, 2.05) is 6.07 Å². The molecule has 0 aromatic heterocycles. The van der Waals surface area contributed by atoms with Gasteiger partial charge in [0.25, 0.3) is 0 Å². The third-order valence-electron chi connectivity index (χ3n) is 6.49. The number of fused-ring (bicyclic) bond motifs is 5. The van der Waals surface area contributed by atoms with Gasteiger partial charge >= 0.3 is 0 Å². The molecule has 3 aliphatic rings. The van der Waals surface area contributed by atoms with Gasteiger partial charge < -0.3 is 4.42 Å². The van der Waals surface area contributed by atoms with Crippen molar-refractivity contribution in [3.05, 3.63) is 90.0 Å². The van der Waals surface area contributed by atoms with Crippen molar-refractivity contribution in [3.63, 3.8) is 0 Å². The minimum atomic E-state index is -0.115. The van der Waals surface area contributed by atoms with Gasteiger partial charge in [0.05, 0.1) is 11.0 Å². The Kier molecular flexibility index (Phi) is 3.18. The number of para-hydroxylation sites is 2. The zero-order valence-electron chi connectivity index (χ0n) is 16.9. The van der Waals surface area contributed by atoms with Crippen molar-refractivity contribution in [2.75, 3.05) is 7.05 Å². The van der Waals surface area contributed by atoms with Gasteiger partial charge in [0.1, 0.15) is 18.4 Å². The minimum absolute atomic E-state index is 0.115. The van der Waals surface area contributed by atoms with E-state index in [-0.39, 0.29) is 5.41 Å². The average Bonchev–Trinajstić information content (AvgIpc) is 3.15. The lowest BCUT2D eigenvalue weighted by molar-refractivity contribution is -0.401. The summed E-state index contributed by atoms with van der Waals surface area (Å²) in [5.74, 6) is 0.979. The second-order valence-corrected chi connectivity index (χ2v) is 8.50. The molecule has 0 fully saturated rings. The third kappa shape index (κ3) is 2.09. The molecule has 2 heteroatoms. The molecule has 140 valence electrons. The summed E-state index contributed by atoms with van der Waals surface area (Å²) in [7, 11) is 2.18. The topological polar surface area (TPSA) is 16.1 Å².